The summed E-state index contributed by atoms with van der Waals surface area (Å²) < 4.78 is 30.2. The van der Waals surface area contributed by atoms with Crippen LogP contribution in [0.1, 0.15) is 15.9 Å². The Kier molecular flexibility index (Phi) is 5.70. The fourth-order valence-corrected chi connectivity index (χ4v) is 4.50. The molecule has 0 atom stereocenters. The molecule has 0 bridgehead atoms. The van der Waals surface area contributed by atoms with E-state index in [0.717, 1.165) is 28.5 Å². The van der Waals surface area contributed by atoms with Gasteiger partial charge in [-0.15, -0.1) is 0 Å². The summed E-state index contributed by atoms with van der Waals surface area (Å²) in [5.74, 6) is 0.107. The highest BCUT2D eigenvalue weighted by atomic mass is 32.2. The van der Waals surface area contributed by atoms with Gasteiger partial charge in [0.2, 0.25) is 5.89 Å². The third-order valence-electron chi connectivity index (χ3n) is 5.69. The van der Waals surface area contributed by atoms with Gasteiger partial charge in [0.15, 0.2) is 15.4 Å². The fraction of sp³-hybridized carbons (Fsp3) is 0.0714. The molecule has 1 N–H and O–H groups in total. The van der Waals surface area contributed by atoms with E-state index in [4.69, 9.17) is 4.42 Å². The molecule has 0 spiro atoms. The summed E-state index contributed by atoms with van der Waals surface area (Å²) in [5, 5.41) is 2.92. The normalized spacial score (nSPS) is 11.5. The predicted molar refractivity (Wildman–Crippen MR) is 137 cm³/mol. The largest absolute Gasteiger partial charge is 0.436 e. The zero-order valence-electron chi connectivity index (χ0n) is 19.1. The SMILES string of the molecule is Cc1ccc(-c2cc(S(C)(=O)=O)ccc2C(=O)Nc2cccc(-c3nc4ccccc4o3)c2)cc1. The van der Waals surface area contributed by atoms with Crippen molar-refractivity contribution in [3.05, 3.63) is 102 Å². The Bertz CT molecular complexity index is 1640. The van der Waals surface area contributed by atoms with E-state index < -0.39 is 9.84 Å². The molecule has 4 aromatic carbocycles. The lowest BCUT2D eigenvalue weighted by Crippen LogP contribution is -2.14. The van der Waals surface area contributed by atoms with Crippen LogP contribution in [0.25, 0.3) is 33.7 Å². The molecule has 1 aromatic heterocycles. The summed E-state index contributed by atoms with van der Waals surface area (Å²) in [6.45, 7) is 1.97. The number of nitrogens with one attached hydrogen (secondary N) is 1. The Morgan fingerprint density at radius 3 is 2.37 bits per heavy atom. The van der Waals surface area contributed by atoms with Crippen LogP contribution in [0, 0.1) is 6.92 Å². The number of aryl methyl sites for hydroxylation is 1. The molecule has 7 heteroatoms. The number of hydrogen-bond acceptors (Lipinski definition) is 5. The molecule has 6 nitrogen and oxygen atoms in total. The molecule has 0 aliphatic rings. The second kappa shape index (κ2) is 8.85. The van der Waals surface area contributed by atoms with E-state index in [2.05, 4.69) is 10.3 Å². The van der Waals surface area contributed by atoms with Crippen LogP contribution in [0.2, 0.25) is 0 Å². The van der Waals surface area contributed by atoms with E-state index in [1.807, 2.05) is 67.6 Å². The number of oxazole rings is 1. The van der Waals surface area contributed by atoms with Crippen LogP contribution in [0.4, 0.5) is 5.69 Å². The highest BCUT2D eigenvalue weighted by Crippen LogP contribution is 2.30. The van der Waals surface area contributed by atoms with Crippen molar-refractivity contribution >= 4 is 32.5 Å². The quantitative estimate of drug-likeness (QED) is 0.326. The van der Waals surface area contributed by atoms with Gasteiger partial charge >= 0.3 is 0 Å². The number of carbonyl (C=O) groups is 1. The van der Waals surface area contributed by atoms with Crippen LogP contribution in [0.5, 0.6) is 0 Å². The third-order valence-corrected chi connectivity index (χ3v) is 6.80. The van der Waals surface area contributed by atoms with Crippen molar-refractivity contribution in [3.63, 3.8) is 0 Å². The van der Waals surface area contributed by atoms with Gasteiger partial charge in [0.1, 0.15) is 5.52 Å². The highest BCUT2D eigenvalue weighted by molar-refractivity contribution is 7.90. The van der Waals surface area contributed by atoms with Gasteiger partial charge in [-0.2, -0.15) is 0 Å². The molecule has 0 saturated carbocycles. The molecule has 0 saturated heterocycles. The monoisotopic (exact) mass is 482 g/mol. The zero-order valence-corrected chi connectivity index (χ0v) is 20.0. The van der Waals surface area contributed by atoms with E-state index in [9.17, 15) is 13.2 Å². The molecule has 1 heterocycles. The van der Waals surface area contributed by atoms with Gasteiger partial charge in [0.25, 0.3) is 5.91 Å². The Morgan fingerprint density at radius 1 is 0.857 bits per heavy atom. The van der Waals surface area contributed by atoms with Crippen molar-refractivity contribution in [1.29, 1.82) is 0 Å². The average molecular weight is 483 g/mol. The van der Waals surface area contributed by atoms with Crippen molar-refractivity contribution < 1.29 is 17.6 Å². The van der Waals surface area contributed by atoms with Crippen LogP contribution in [0.15, 0.2) is 100 Å². The van der Waals surface area contributed by atoms with E-state index in [0.29, 0.717) is 28.3 Å². The predicted octanol–water partition coefficient (Wildman–Crippen LogP) is 6.13. The van der Waals surface area contributed by atoms with Crippen LogP contribution in [0.3, 0.4) is 0 Å². The second-order valence-electron chi connectivity index (χ2n) is 8.37. The molecule has 35 heavy (non-hydrogen) atoms. The summed E-state index contributed by atoms with van der Waals surface area (Å²) in [6, 6.07) is 26.9. The molecular weight excluding hydrogens is 460 g/mol. The average Bonchev–Trinajstić information content (AvgIpc) is 3.28. The van der Waals surface area contributed by atoms with Gasteiger partial charge in [0.05, 0.1) is 4.90 Å². The number of hydrogen-bond donors (Lipinski definition) is 1. The summed E-state index contributed by atoms with van der Waals surface area (Å²) in [4.78, 5) is 18.0. The molecule has 0 unspecified atom stereocenters. The second-order valence-corrected chi connectivity index (χ2v) is 10.4. The molecule has 0 aliphatic heterocycles. The van der Waals surface area contributed by atoms with E-state index in [1.54, 1.807) is 24.3 Å². The van der Waals surface area contributed by atoms with Gasteiger partial charge in [-0.1, -0.05) is 48.0 Å². The Morgan fingerprint density at radius 2 is 1.63 bits per heavy atom. The Hall–Kier alpha value is -4.23. The smallest absolute Gasteiger partial charge is 0.256 e. The standard InChI is InChI=1S/C28H22N2O4S/c1-18-10-12-19(13-11-18)24-17-22(35(2,32)33)14-15-23(24)27(31)29-21-7-5-6-20(16-21)28-30-25-8-3-4-9-26(25)34-28/h3-17H,1-2H3,(H,29,31). The van der Waals surface area contributed by atoms with E-state index in [-0.39, 0.29) is 10.8 Å². The number of carbonyl (C=O) groups excluding carboxylic acids is 1. The summed E-state index contributed by atoms with van der Waals surface area (Å²) >= 11 is 0. The van der Waals surface area contributed by atoms with Crippen molar-refractivity contribution in [2.45, 2.75) is 11.8 Å². The molecular formula is C28H22N2O4S. The topological polar surface area (TPSA) is 89.3 Å². The Balaban J connectivity index is 1.50. The van der Waals surface area contributed by atoms with Crippen LogP contribution in [-0.2, 0) is 9.84 Å². The number of sulfone groups is 1. The first kappa shape index (κ1) is 22.6. The number of anilines is 1. The van der Waals surface area contributed by atoms with Crippen LogP contribution >= 0.6 is 0 Å². The molecule has 174 valence electrons. The first-order valence-corrected chi connectivity index (χ1v) is 12.9. The highest BCUT2D eigenvalue weighted by Gasteiger charge is 2.18. The van der Waals surface area contributed by atoms with Crippen LogP contribution in [-0.4, -0.2) is 25.6 Å². The van der Waals surface area contributed by atoms with E-state index in [1.165, 1.54) is 6.07 Å². The number of rotatable bonds is 5. The lowest BCUT2D eigenvalue weighted by molar-refractivity contribution is 0.102. The minimum atomic E-state index is -3.44. The first-order valence-electron chi connectivity index (χ1n) is 11.0. The number of benzene rings is 4. The van der Waals surface area contributed by atoms with Gasteiger partial charge in [0, 0.05) is 23.1 Å². The minimum Gasteiger partial charge on any atom is -0.436 e. The third kappa shape index (κ3) is 4.72. The lowest BCUT2D eigenvalue weighted by Gasteiger charge is -2.13. The number of fused-ring (bicyclic) bond motifs is 1. The molecule has 5 aromatic rings. The molecule has 5 rings (SSSR count). The minimum absolute atomic E-state index is 0.155. The first-order chi connectivity index (χ1) is 16.8. The fourth-order valence-electron chi connectivity index (χ4n) is 3.85. The lowest BCUT2D eigenvalue weighted by atomic mass is 9.98. The number of amides is 1. The van der Waals surface area contributed by atoms with Crippen molar-refractivity contribution in [2.24, 2.45) is 0 Å². The number of para-hydroxylation sites is 2. The van der Waals surface area contributed by atoms with Gasteiger partial charge < -0.3 is 9.73 Å². The zero-order chi connectivity index (χ0) is 24.6. The maximum Gasteiger partial charge on any atom is 0.256 e. The maximum absolute atomic E-state index is 13.3. The molecule has 0 radical (unpaired) electrons. The van der Waals surface area contributed by atoms with Gasteiger partial charge in [-0.3, -0.25) is 4.79 Å². The Labute approximate surface area is 203 Å². The summed E-state index contributed by atoms with van der Waals surface area (Å²) in [5.41, 5.74) is 5.47. The van der Waals surface area contributed by atoms with Crippen molar-refractivity contribution in [2.75, 3.05) is 11.6 Å². The summed E-state index contributed by atoms with van der Waals surface area (Å²) in [6.07, 6.45) is 1.15. The molecule has 0 fully saturated rings. The van der Waals surface area contributed by atoms with Gasteiger partial charge in [-0.05, 0) is 66.6 Å². The maximum atomic E-state index is 13.3. The molecule has 0 aliphatic carbocycles. The van der Waals surface area contributed by atoms with Crippen molar-refractivity contribution in [1.82, 2.24) is 4.98 Å². The number of nitrogens with zero attached hydrogens (tertiary/aromatic N) is 1. The van der Waals surface area contributed by atoms with Crippen molar-refractivity contribution in [3.8, 4) is 22.6 Å². The van der Waals surface area contributed by atoms with Gasteiger partial charge in [-0.25, -0.2) is 13.4 Å². The summed E-state index contributed by atoms with van der Waals surface area (Å²) in [7, 11) is -3.44. The van der Waals surface area contributed by atoms with Crippen LogP contribution < -0.4 is 5.32 Å². The van der Waals surface area contributed by atoms with E-state index >= 15 is 0 Å². The number of aromatic nitrogens is 1. The molecule has 1 amide bonds.